The van der Waals surface area contributed by atoms with Gasteiger partial charge >= 0.3 is 0 Å². The number of benzene rings is 3. The first-order chi connectivity index (χ1) is 16.9. The lowest BCUT2D eigenvalue weighted by molar-refractivity contribution is -0.132. The number of phenols is 1. The van der Waals surface area contributed by atoms with Crippen LogP contribution in [0.4, 0.5) is 11.4 Å². The number of rotatable bonds is 7. The standard InChI is InChI=1S/C28H28N2O5/c1-4-29(5-2)20-11-13-21(14-12-20)30-25(18-9-15-22(31)16-10-18)24(27(33)28(30)34)26(32)19-7-6-8-23(17-19)35-3/h6-17,25,31-32H,4-5H2,1-3H3/b26-24+. The van der Waals surface area contributed by atoms with Crippen LogP contribution in [0.25, 0.3) is 5.76 Å². The van der Waals surface area contributed by atoms with E-state index in [1.54, 1.807) is 48.5 Å². The number of methoxy groups -OCH3 is 1. The third-order valence-corrected chi connectivity index (χ3v) is 6.25. The van der Waals surface area contributed by atoms with Crippen LogP contribution in [-0.2, 0) is 9.59 Å². The van der Waals surface area contributed by atoms with Crippen molar-refractivity contribution in [2.75, 3.05) is 30.0 Å². The molecule has 0 aromatic heterocycles. The van der Waals surface area contributed by atoms with E-state index in [1.165, 1.54) is 24.1 Å². The van der Waals surface area contributed by atoms with Crippen molar-refractivity contribution in [2.24, 2.45) is 0 Å². The van der Waals surface area contributed by atoms with Crippen molar-refractivity contribution in [3.8, 4) is 11.5 Å². The van der Waals surface area contributed by atoms with Gasteiger partial charge in [-0.15, -0.1) is 0 Å². The molecule has 2 N–H and O–H groups in total. The molecule has 3 aromatic carbocycles. The van der Waals surface area contributed by atoms with E-state index in [0.29, 0.717) is 22.6 Å². The zero-order chi connectivity index (χ0) is 25.1. The molecule has 1 saturated heterocycles. The molecule has 1 amide bonds. The lowest BCUT2D eigenvalue weighted by atomic mass is 9.95. The fourth-order valence-corrected chi connectivity index (χ4v) is 4.41. The van der Waals surface area contributed by atoms with Crippen molar-refractivity contribution in [3.63, 3.8) is 0 Å². The molecule has 35 heavy (non-hydrogen) atoms. The van der Waals surface area contributed by atoms with Crippen molar-refractivity contribution in [1.82, 2.24) is 0 Å². The summed E-state index contributed by atoms with van der Waals surface area (Å²) in [5.74, 6) is -1.24. The number of aromatic hydroxyl groups is 1. The van der Waals surface area contributed by atoms with Gasteiger partial charge in [0.05, 0.1) is 18.7 Å². The number of aliphatic hydroxyl groups is 1. The van der Waals surface area contributed by atoms with Crippen LogP contribution in [0.2, 0.25) is 0 Å². The molecule has 0 saturated carbocycles. The Balaban J connectivity index is 1.87. The van der Waals surface area contributed by atoms with Crippen LogP contribution in [0.5, 0.6) is 11.5 Å². The van der Waals surface area contributed by atoms with E-state index in [-0.39, 0.29) is 17.1 Å². The molecule has 180 valence electrons. The Morgan fingerprint density at radius 2 is 1.63 bits per heavy atom. The highest BCUT2D eigenvalue weighted by Gasteiger charge is 2.47. The Hall–Kier alpha value is -4.26. The number of Topliss-reactive ketones (excluding diaryl/α,β-unsaturated/α-hetero) is 1. The minimum atomic E-state index is -0.874. The summed E-state index contributed by atoms with van der Waals surface area (Å²) in [6.07, 6.45) is 0. The van der Waals surface area contributed by atoms with Gasteiger partial charge in [0.15, 0.2) is 0 Å². The van der Waals surface area contributed by atoms with Gasteiger partial charge in [0, 0.05) is 30.0 Å². The van der Waals surface area contributed by atoms with E-state index in [9.17, 15) is 19.8 Å². The number of carbonyl (C=O) groups excluding carboxylic acids is 2. The first-order valence-corrected chi connectivity index (χ1v) is 11.5. The average Bonchev–Trinajstić information content (AvgIpc) is 3.15. The Morgan fingerprint density at radius 3 is 2.23 bits per heavy atom. The highest BCUT2D eigenvalue weighted by atomic mass is 16.5. The molecule has 1 atom stereocenters. The minimum absolute atomic E-state index is 0.0261. The highest BCUT2D eigenvalue weighted by molar-refractivity contribution is 6.51. The Kier molecular flexibility index (Phi) is 6.78. The van der Waals surface area contributed by atoms with Crippen LogP contribution < -0.4 is 14.5 Å². The monoisotopic (exact) mass is 472 g/mol. The number of aliphatic hydroxyl groups excluding tert-OH is 1. The summed E-state index contributed by atoms with van der Waals surface area (Å²) < 4.78 is 5.25. The van der Waals surface area contributed by atoms with Crippen molar-refractivity contribution < 1.29 is 24.5 Å². The molecule has 1 heterocycles. The second-order valence-electron chi connectivity index (χ2n) is 8.18. The summed E-state index contributed by atoms with van der Waals surface area (Å²) in [6.45, 7) is 5.82. The smallest absolute Gasteiger partial charge is 0.300 e. The number of amides is 1. The van der Waals surface area contributed by atoms with Gasteiger partial charge in [-0.1, -0.05) is 24.3 Å². The van der Waals surface area contributed by atoms with Gasteiger partial charge in [-0.05, 0) is 67.9 Å². The fourth-order valence-electron chi connectivity index (χ4n) is 4.41. The topological polar surface area (TPSA) is 90.3 Å². The van der Waals surface area contributed by atoms with Gasteiger partial charge in [0.1, 0.15) is 17.3 Å². The number of hydrogen-bond acceptors (Lipinski definition) is 6. The van der Waals surface area contributed by atoms with Gasteiger partial charge in [0.2, 0.25) is 0 Å². The zero-order valence-electron chi connectivity index (χ0n) is 19.9. The fraction of sp³-hybridized carbons (Fsp3) is 0.214. The van der Waals surface area contributed by atoms with Crippen LogP contribution in [0, 0.1) is 0 Å². The molecule has 3 aromatic rings. The molecule has 7 heteroatoms. The van der Waals surface area contributed by atoms with E-state index < -0.39 is 17.7 Å². The number of anilines is 2. The quantitative estimate of drug-likeness (QED) is 0.290. The molecule has 1 unspecified atom stereocenters. The molecule has 1 aliphatic rings. The van der Waals surface area contributed by atoms with Gasteiger partial charge in [-0.25, -0.2) is 0 Å². The van der Waals surface area contributed by atoms with Crippen LogP contribution in [0.3, 0.4) is 0 Å². The zero-order valence-corrected chi connectivity index (χ0v) is 19.9. The van der Waals surface area contributed by atoms with Crippen LogP contribution in [0.15, 0.2) is 78.4 Å². The largest absolute Gasteiger partial charge is 0.508 e. The molecule has 1 aliphatic heterocycles. The van der Waals surface area contributed by atoms with Crippen molar-refractivity contribution in [2.45, 2.75) is 19.9 Å². The second kappa shape index (κ2) is 9.93. The number of ether oxygens (including phenoxy) is 1. The summed E-state index contributed by atoms with van der Waals surface area (Å²) in [6, 6.07) is 19.5. The molecule has 0 bridgehead atoms. The minimum Gasteiger partial charge on any atom is -0.508 e. The van der Waals surface area contributed by atoms with E-state index in [4.69, 9.17) is 4.74 Å². The first-order valence-electron chi connectivity index (χ1n) is 11.5. The summed E-state index contributed by atoms with van der Waals surface area (Å²) in [4.78, 5) is 30.2. The number of hydrogen-bond donors (Lipinski definition) is 2. The third kappa shape index (κ3) is 4.45. The molecular formula is C28H28N2O5. The number of carbonyl (C=O) groups is 2. The normalized spacial score (nSPS) is 17.0. The predicted octanol–water partition coefficient (Wildman–Crippen LogP) is 4.87. The van der Waals surface area contributed by atoms with Gasteiger partial charge in [-0.3, -0.25) is 14.5 Å². The average molecular weight is 473 g/mol. The molecule has 1 fully saturated rings. The van der Waals surface area contributed by atoms with Gasteiger partial charge < -0.3 is 19.8 Å². The maximum atomic E-state index is 13.3. The molecule has 0 aliphatic carbocycles. The Morgan fingerprint density at radius 1 is 0.971 bits per heavy atom. The summed E-state index contributed by atoms with van der Waals surface area (Å²) in [7, 11) is 1.51. The lowest BCUT2D eigenvalue weighted by Gasteiger charge is -2.27. The third-order valence-electron chi connectivity index (χ3n) is 6.25. The van der Waals surface area contributed by atoms with E-state index >= 15 is 0 Å². The van der Waals surface area contributed by atoms with E-state index in [1.807, 2.05) is 12.1 Å². The number of nitrogens with zero attached hydrogens (tertiary/aromatic N) is 2. The molecule has 7 nitrogen and oxygen atoms in total. The SMILES string of the molecule is CCN(CC)c1ccc(N2C(=O)C(=O)/C(=C(/O)c3cccc(OC)c3)C2c2ccc(O)cc2)cc1. The maximum Gasteiger partial charge on any atom is 0.300 e. The second-order valence-corrected chi connectivity index (χ2v) is 8.18. The van der Waals surface area contributed by atoms with Crippen LogP contribution >= 0.6 is 0 Å². The Labute approximate surface area is 204 Å². The molecular weight excluding hydrogens is 444 g/mol. The van der Waals surface area contributed by atoms with Crippen molar-refractivity contribution in [1.29, 1.82) is 0 Å². The first kappa shape index (κ1) is 23.9. The number of ketones is 1. The van der Waals surface area contributed by atoms with Gasteiger partial charge in [0.25, 0.3) is 11.7 Å². The van der Waals surface area contributed by atoms with Crippen molar-refractivity contribution in [3.05, 3.63) is 89.5 Å². The molecule has 0 radical (unpaired) electrons. The summed E-state index contributed by atoms with van der Waals surface area (Å²) >= 11 is 0. The molecule has 0 spiro atoms. The van der Waals surface area contributed by atoms with Crippen molar-refractivity contribution >= 4 is 28.8 Å². The maximum absolute atomic E-state index is 13.3. The predicted molar refractivity (Wildman–Crippen MR) is 136 cm³/mol. The van der Waals surface area contributed by atoms with Crippen LogP contribution in [-0.4, -0.2) is 42.1 Å². The van der Waals surface area contributed by atoms with E-state index in [0.717, 1.165) is 18.8 Å². The van der Waals surface area contributed by atoms with E-state index in [2.05, 4.69) is 18.7 Å². The summed E-state index contributed by atoms with van der Waals surface area (Å²) in [5, 5.41) is 21.0. The number of phenolic OH excluding ortho intramolecular Hbond substituents is 1. The highest BCUT2D eigenvalue weighted by Crippen LogP contribution is 2.43. The van der Waals surface area contributed by atoms with Crippen LogP contribution in [0.1, 0.15) is 31.0 Å². The molecule has 4 rings (SSSR count). The lowest BCUT2D eigenvalue weighted by Crippen LogP contribution is -2.29. The van der Waals surface area contributed by atoms with Gasteiger partial charge in [-0.2, -0.15) is 0 Å². The summed E-state index contributed by atoms with van der Waals surface area (Å²) in [5.41, 5.74) is 2.46. The Bertz CT molecular complexity index is 1260.